The number of amides is 1. The molecule has 7 nitrogen and oxygen atoms in total. The number of para-hydroxylation sites is 2. The minimum Gasteiger partial charge on any atom is -0.368 e. The van der Waals surface area contributed by atoms with Crippen LogP contribution >= 0.6 is 0 Å². The van der Waals surface area contributed by atoms with Gasteiger partial charge in [-0.1, -0.05) is 12.1 Å². The molecular formula is C22H20FN5O2. The summed E-state index contributed by atoms with van der Waals surface area (Å²) in [6, 6.07) is 13.1. The van der Waals surface area contributed by atoms with E-state index in [1.807, 2.05) is 24.3 Å². The maximum atomic E-state index is 15.5. The fraction of sp³-hybridized carbons (Fsp3) is 0.227. The number of fused-ring (bicyclic) bond motifs is 2. The number of hydrogen-bond donors (Lipinski definition) is 4. The molecule has 1 amide bonds. The lowest BCUT2D eigenvalue weighted by molar-refractivity contribution is -0.124. The molecule has 1 fully saturated rings. The molecule has 30 heavy (non-hydrogen) atoms. The Kier molecular flexibility index (Phi) is 4.18. The highest BCUT2D eigenvalue weighted by Gasteiger charge is 2.52. The molecule has 0 saturated carbocycles. The Hall–Kier alpha value is -3.52. The van der Waals surface area contributed by atoms with Gasteiger partial charge >= 0.3 is 0 Å². The second-order valence-corrected chi connectivity index (χ2v) is 7.71. The summed E-state index contributed by atoms with van der Waals surface area (Å²) < 4.78 is 15.5. The minimum atomic E-state index is -1.52. The van der Waals surface area contributed by atoms with Crippen molar-refractivity contribution in [1.29, 1.82) is 0 Å². The Morgan fingerprint density at radius 3 is 2.70 bits per heavy atom. The largest absolute Gasteiger partial charge is 0.368 e. The molecule has 5 rings (SSSR count). The maximum absolute atomic E-state index is 15.5. The Balaban J connectivity index is 1.86. The number of imidazole rings is 1. The molecule has 152 valence electrons. The van der Waals surface area contributed by atoms with Gasteiger partial charge in [0.05, 0.1) is 11.0 Å². The van der Waals surface area contributed by atoms with Crippen molar-refractivity contribution in [2.45, 2.75) is 11.8 Å². The summed E-state index contributed by atoms with van der Waals surface area (Å²) in [6.45, 7) is 1.18. The van der Waals surface area contributed by atoms with Crippen LogP contribution in [0.3, 0.4) is 0 Å². The third-order valence-corrected chi connectivity index (χ3v) is 6.06. The first kappa shape index (κ1) is 18.5. The van der Waals surface area contributed by atoms with Gasteiger partial charge in [-0.2, -0.15) is 0 Å². The number of nitrogens with zero attached hydrogens (tertiary/aromatic N) is 1. The molecule has 2 aromatic heterocycles. The molecule has 5 N–H and O–H groups in total. The summed E-state index contributed by atoms with van der Waals surface area (Å²) in [5.41, 5.74) is 6.13. The first-order valence-corrected chi connectivity index (χ1v) is 9.79. The van der Waals surface area contributed by atoms with Gasteiger partial charge in [-0.15, -0.1) is 0 Å². The number of halogens is 1. The first-order valence-electron chi connectivity index (χ1n) is 9.79. The van der Waals surface area contributed by atoms with Crippen LogP contribution in [0, 0.1) is 11.7 Å². The highest BCUT2D eigenvalue weighted by Crippen LogP contribution is 2.43. The van der Waals surface area contributed by atoms with Crippen LogP contribution in [0.15, 0.2) is 53.3 Å². The average molecular weight is 405 g/mol. The normalized spacial score (nSPS) is 18.6. The predicted molar refractivity (Wildman–Crippen MR) is 112 cm³/mol. The number of benzene rings is 2. The molecule has 2 unspecified atom stereocenters. The van der Waals surface area contributed by atoms with Crippen molar-refractivity contribution >= 4 is 27.8 Å². The zero-order valence-corrected chi connectivity index (χ0v) is 16.0. The summed E-state index contributed by atoms with van der Waals surface area (Å²) >= 11 is 0. The number of hydrogen-bond acceptors (Lipinski definition) is 4. The number of aromatic amines is 2. The Bertz CT molecular complexity index is 1310. The zero-order valence-electron chi connectivity index (χ0n) is 16.0. The highest BCUT2D eigenvalue weighted by molar-refractivity contribution is 5.93. The Labute approximate surface area is 170 Å². The smallest absolute Gasteiger partial charge is 0.248 e. The second kappa shape index (κ2) is 6.77. The summed E-state index contributed by atoms with van der Waals surface area (Å²) in [5.74, 6) is -1.26. The van der Waals surface area contributed by atoms with Crippen molar-refractivity contribution in [3.05, 3.63) is 76.1 Å². The SMILES string of the molecule is NC(=O)C(c1nc2ccccc2[nH]1)(c1cc2[nH]c(=O)ccc2cc1F)C1CCNC1. The number of nitrogens with two attached hydrogens (primary N) is 1. The average Bonchev–Trinajstić information content (AvgIpc) is 3.39. The van der Waals surface area contributed by atoms with E-state index in [-0.39, 0.29) is 17.0 Å². The molecule has 0 radical (unpaired) electrons. The fourth-order valence-corrected chi connectivity index (χ4v) is 4.63. The molecule has 0 bridgehead atoms. The third-order valence-electron chi connectivity index (χ3n) is 6.06. The third kappa shape index (κ3) is 2.64. The van der Waals surface area contributed by atoms with Gasteiger partial charge in [0.15, 0.2) is 0 Å². The zero-order chi connectivity index (χ0) is 20.9. The number of nitrogens with one attached hydrogen (secondary N) is 3. The number of rotatable bonds is 4. The number of carbonyl (C=O) groups excluding carboxylic acids is 1. The van der Waals surface area contributed by atoms with Crippen LogP contribution in [0.1, 0.15) is 17.8 Å². The van der Waals surface area contributed by atoms with Crippen molar-refractivity contribution in [2.75, 3.05) is 13.1 Å². The van der Waals surface area contributed by atoms with E-state index in [0.717, 1.165) is 5.52 Å². The van der Waals surface area contributed by atoms with Crippen LogP contribution in [-0.4, -0.2) is 33.9 Å². The lowest BCUT2D eigenvalue weighted by atomic mass is 9.68. The molecule has 4 aromatic rings. The summed E-state index contributed by atoms with van der Waals surface area (Å²) in [6.07, 6.45) is 0.628. The molecule has 0 aliphatic carbocycles. The lowest BCUT2D eigenvalue weighted by Gasteiger charge is -2.35. The lowest BCUT2D eigenvalue weighted by Crippen LogP contribution is -2.50. The van der Waals surface area contributed by atoms with Crippen LogP contribution in [-0.2, 0) is 10.2 Å². The molecule has 3 heterocycles. The molecule has 0 spiro atoms. The van der Waals surface area contributed by atoms with Crippen LogP contribution in [0.2, 0.25) is 0 Å². The van der Waals surface area contributed by atoms with Gasteiger partial charge in [-0.05, 0) is 55.8 Å². The Morgan fingerprint density at radius 2 is 1.97 bits per heavy atom. The van der Waals surface area contributed by atoms with Gasteiger partial charge in [-0.25, -0.2) is 9.37 Å². The van der Waals surface area contributed by atoms with E-state index in [2.05, 4.69) is 20.3 Å². The van der Waals surface area contributed by atoms with Crippen LogP contribution in [0.25, 0.3) is 21.9 Å². The van der Waals surface area contributed by atoms with Crippen LogP contribution < -0.4 is 16.6 Å². The minimum absolute atomic E-state index is 0.108. The van der Waals surface area contributed by atoms with Gasteiger partial charge in [0.2, 0.25) is 11.5 Å². The topological polar surface area (TPSA) is 117 Å². The predicted octanol–water partition coefficient (Wildman–Crippen LogP) is 1.92. The maximum Gasteiger partial charge on any atom is 0.248 e. The molecule has 1 saturated heterocycles. The van der Waals surface area contributed by atoms with E-state index in [1.165, 1.54) is 18.2 Å². The van der Waals surface area contributed by atoms with E-state index in [1.54, 1.807) is 6.07 Å². The van der Waals surface area contributed by atoms with Crippen molar-refractivity contribution < 1.29 is 9.18 Å². The summed E-state index contributed by atoms with van der Waals surface area (Å²) in [4.78, 5) is 35.5. The Morgan fingerprint density at radius 1 is 1.13 bits per heavy atom. The van der Waals surface area contributed by atoms with E-state index in [9.17, 15) is 9.59 Å². The summed E-state index contributed by atoms with van der Waals surface area (Å²) in [7, 11) is 0. The van der Waals surface area contributed by atoms with Crippen molar-refractivity contribution in [1.82, 2.24) is 20.3 Å². The molecule has 2 atom stereocenters. The first-order chi connectivity index (χ1) is 14.5. The molecule has 1 aliphatic heterocycles. The van der Waals surface area contributed by atoms with Gasteiger partial charge in [-0.3, -0.25) is 9.59 Å². The van der Waals surface area contributed by atoms with Crippen LogP contribution in [0.5, 0.6) is 0 Å². The number of primary amides is 1. The van der Waals surface area contributed by atoms with Gasteiger partial charge < -0.3 is 21.0 Å². The molecule has 1 aliphatic rings. The second-order valence-electron chi connectivity index (χ2n) is 7.71. The van der Waals surface area contributed by atoms with E-state index in [4.69, 9.17) is 5.73 Å². The number of pyridine rings is 1. The van der Waals surface area contributed by atoms with E-state index in [0.29, 0.717) is 41.8 Å². The molecular weight excluding hydrogens is 385 g/mol. The van der Waals surface area contributed by atoms with Crippen molar-refractivity contribution in [3.63, 3.8) is 0 Å². The van der Waals surface area contributed by atoms with Gasteiger partial charge in [0.25, 0.3) is 0 Å². The number of carbonyl (C=O) groups is 1. The van der Waals surface area contributed by atoms with Gasteiger partial charge in [0.1, 0.15) is 17.1 Å². The summed E-state index contributed by atoms with van der Waals surface area (Å²) in [5, 5.41) is 3.77. The highest BCUT2D eigenvalue weighted by atomic mass is 19.1. The van der Waals surface area contributed by atoms with Gasteiger partial charge in [0, 0.05) is 22.5 Å². The number of aromatic nitrogens is 3. The van der Waals surface area contributed by atoms with Crippen molar-refractivity contribution in [3.8, 4) is 0 Å². The quantitative estimate of drug-likeness (QED) is 0.415. The van der Waals surface area contributed by atoms with E-state index < -0.39 is 17.1 Å². The fourth-order valence-electron chi connectivity index (χ4n) is 4.63. The molecule has 8 heteroatoms. The molecule has 2 aromatic carbocycles. The monoisotopic (exact) mass is 405 g/mol. The standard InChI is InChI=1S/C22H20FN5O2/c23-15-9-12-5-6-19(29)26-18(12)10-14(15)22(20(24)30,13-7-8-25-11-13)21-27-16-3-1-2-4-17(16)28-21/h1-6,9-10,13,25H,7-8,11H2,(H2,24,30)(H,26,29)(H,27,28). The van der Waals surface area contributed by atoms with Crippen LogP contribution in [0.4, 0.5) is 4.39 Å². The number of H-pyrrole nitrogens is 2. The van der Waals surface area contributed by atoms with E-state index >= 15 is 4.39 Å². The van der Waals surface area contributed by atoms with Crippen molar-refractivity contribution in [2.24, 2.45) is 11.7 Å².